The predicted octanol–water partition coefficient (Wildman–Crippen LogP) is 3.72. The van der Waals surface area contributed by atoms with Crippen molar-refractivity contribution in [2.75, 3.05) is 31.1 Å². The molecule has 2 aliphatic rings. The largest absolute Gasteiger partial charge is 0.368 e. The molecule has 1 aliphatic carbocycles. The molecule has 1 saturated carbocycles. The van der Waals surface area contributed by atoms with Gasteiger partial charge in [0.05, 0.1) is 5.69 Å². The lowest BCUT2D eigenvalue weighted by molar-refractivity contribution is 0.101. The molecule has 0 spiro atoms. The fourth-order valence-electron chi connectivity index (χ4n) is 3.58. The van der Waals surface area contributed by atoms with Gasteiger partial charge in [-0.1, -0.05) is 12.8 Å². The first-order chi connectivity index (χ1) is 10.1. The number of benzene rings is 1. The van der Waals surface area contributed by atoms with Crippen molar-refractivity contribution in [3.8, 4) is 0 Å². The zero-order chi connectivity index (χ0) is 14.8. The molecule has 3 nitrogen and oxygen atoms in total. The zero-order valence-electron chi connectivity index (χ0n) is 12.6. The standard InChI is InChI=1S/C17H23BrN2O/c1-13(21)14-6-7-17(16(18)12-14)20-10-8-19(9-11-20)15-4-2-3-5-15/h6-7,12,15H,2-5,8-11H2,1H3. The molecule has 0 amide bonds. The van der Waals surface area contributed by atoms with E-state index >= 15 is 0 Å². The summed E-state index contributed by atoms with van der Waals surface area (Å²) in [7, 11) is 0. The number of piperazine rings is 1. The van der Waals surface area contributed by atoms with E-state index in [0.717, 1.165) is 42.3 Å². The Morgan fingerprint density at radius 1 is 1.14 bits per heavy atom. The van der Waals surface area contributed by atoms with Crippen LogP contribution in [0.25, 0.3) is 0 Å². The molecule has 4 heteroatoms. The van der Waals surface area contributed by atoms with E-state index in [2.05, 4.69) is 31.8 Å². The van der Waals surface area contributed by atoms with Crippen molar-refractivity contribution < 1.29 is 4.79 Å². The first-order valence-corrected chi connectivity index (χ1v) is 8.74. The lowest BCUT2D eigenvalue weighted by Gasteiger charge is -2.39. The molecule has 1 aromatic carbocycles. The van der Waals surface area contributed by atoms with Crippen molar-refractivity contribution in [1.29, 1.82) is 0 Å². The number of hydrogen-bond donors (Lipinski definition) is 0. The number of Topliss-reactive ketones (excluding diaryl/α,β-unsaturated/α-hetero) is 1. The molecule has 1 heterocycles. The summed E-state index contributed by atoms with van der Waals surface area (Å²) in [6.45, 7) is 6.09. The Hall–Kier alpha value is -0.870. The van der Waals surface area contributed by atoms with Crippen LogP contribution in [0.2, 0.25) is 0 Å². The average Bonchev–Trinajstić information content (AvgIpc) is 3.01. The lowest BCUT2D eigenvalue weighted by Crippen LogP contribution is -2.49. The molecule has 0 unspecified atom stereocenters. The second-order valence-electron chi connectivity index (χ2n) is 6.18. The third kappa shape index (κ3) is 3.32. The third-order valence-corrected chi connectivity index (χ3v) is 5.49. The predicted molar refractivity (Wildman–Crippen MR) is 90.2 cm³/mol. The minimum atomic E-state index is 0.119. The van der Waals surface area contributed by atoms with Crippen LogP contribution in [0.4, 0.5) is 5.69 Å². The fraction of sp³-hybridized carbons (Fsp3) is 0.588. The van der Waals surface area contributed by atoms with Crippen molar-refractivity contribution in [3.63, 3.8) is 0 Å². The molecule has 114 valence electrons. The van der Waals surface area contributed by atoms with E-state index in [4.69, 9.17) is 0 Å². The number of nitrogens with zero attached hydrogens (tertiary/aromatic N) is 2. The Balaban J connectivity index is 1.65. The quantitative estimate of drug-likeness (QED) is 0.776. The van der Waals surface area contributed by atoms with Crippen molar-refractivity contribution in [1.82, 2.24) is 4.90 Å². The molecule has 0 bridgehead atoms. The summed E-state index contributed by atoms with van der Waals surface area (Å²) < 4.78 is 1.03. The molecule has 21 heavy (non-hydrogen) atoms. The SMILES string of the molecule is CC(=O)c1ccc(N2CCN(C3CCCC3)CC2)c(Br)c1. The summed E-state index contributed by atoms with van der Waals surface area (Å²) in [4.78, 5) is 16.5. The van der Waals surface area contributed by atoms with Gasteiger partial charge >= 0.3 is 0 Å². The normalized spacial score (nSPS) is 21.0. The van der Waals surface area contributed by atoms with E-state index < -0.39 is 0 Å². The van der Waals surface area contributed by atoms with Crippen LogP contribution in [-0.2, 0) is 0 Å². The fourth-order valence-corrected chi connectivity index (χ4v) is 4.21. The van der Waals surface area contributed by atoms with Crippen molar-refractivity contribution in [2.45, 2.75) is 38.6 Å². The molecule has 0 N–H and O–H groups in total. The van der Waals surface area contributed by atoms with E-state index in [1.54, 1.807) is 6.92 Å². The van der Waals surface area contributed by atoms with Crippen molar-refractivity contribution in [2.24, 2.45) is 0 Å². The number of carbonyl (C=O) groups excluding carboxylic acids is 1. The van der Waals surface area contributed by atoms with Gasteiger partial charge in [-0.25, -0.2) is 0 Å². The summed E-state index contributed by atoms with van der Waals surface area (Å²) in [5, 5.41) is 0. The highest BCUT2D eigenvalue weighted by Crippen LogP contribution is 2.30. The van der Waals surface area contributed by atoms with E-state index in [9.17, 15) is 4.79 Å². The van der Waals surface area contributed by atoms with Gasteiger partial charge in [0.1, 0.15) is 0 Å². The van der Waals surface area contributed by atoms with Crippen LogP contribution >= 0.6 is 15.9 Å². The molecule has 2 fully saturated rings. The molecule has 1 aliphatic heterocycles. The summed E-state index contributed by atoms with van der Waals surface area (Å²) in [5.74, 6) is 0.119. The van der Waals surface area contributed by atoms with E-state index in [-0.39, 0.29) is 5.78 Å². The maximum atomic E-state index is 11.4. The number of rotatable bonds is 3. The molecule has 0 aromatic heterocycles. The minimum absolute atomic E-state index is 0.119. The number of ketones is 1. The number of hydrogen-bond acceptors (Lipinski definition) is 3. The van der Waals surface area contributed by atoms with Crippen molar-refractivity contribution in [3.05, 3.63) is 28.2 Å². The molecule has 0 radical (unpaired) electrons. The third-order valence-electron chi connectivity index (χ3n) is 4.85. The second-order valence-corrected chi connectivity index (χ2v) is 7.04. The summed E-state index contributed by atoms with van der Waals surface area (Å²) >= 11 is 3.62. The lowest BCUT2D eigenvalue weighted by atomic mass is 10.1. The van der Waals surface area contributed by atoms with E-state index in [1.807, 2.05) is 12.1 Å². The maximum absolute atomic E-state index is 11.4. The van der Waals surface area contributed by atoms with E-state index in [0.29, 0.717) is 0 Å². The number of carbonyl (C=O) groups is 1. The van der Waals surface area contributed by atoms with Crippen LogP contribution in [0.15, 0.2) is 22.7 Å². The van der Waals surface area contributed by atoms with Crippen LogP contribution in [0.1, 0.15) is 43.0 Å². The molecule has 0 atom stereocenters. The Kier molecular flexibility index (Phi) is 4.65. The van der Waals surface area contributed by atoms with Gasteiger partial charge in [0.15, 0.2) is 5.78 Å². The zero-order valence-corrected chi connectivity index (χ0v) is 14.2. The van der Waals surface area contributed by atoms with Gasteiger partial charge in [-0.15, -0.1) is 0 Å². The Morgan fingerprint density at radius 2 is 1.81 bits per heavy atom. The summed E-state index contributed by atoms with van der Waals surface area (Å²) in [6, 6.07) is 6.79. The van der Waals surface area contributed by atoms with Crippen LogP contribution < -0.4 is 4.90 Å². The van der Waals surface area contributed by atoms with Gasteiger partial charge in [-0.3, -0.25) is 9.69 Å². The van der Waals surface area contributed by atoms with Gasteiger partial charge in [-0.05, 0) is 53.9 Å². The van der Waals surface area contributed by atoms with Gasteiger partial charge in [-0.2, -0.15) is 0 Å². The Morgan fingerprint density at radius 3 is 2.38 bits per heavy atom. The van der Waals surface area contributed by atoms with Crippen LogP contribution in [0.5, 0.6) is 0 Å². The smallest absolute Gasteiger partial charge is 0.159 e. The minimum Gasteiger partial charge on any atom is -0.368 e. The Labute approximate surface area is 135 Å². The Bertz CT molecular complexity index is 518. The molecule has 1 aromatic rings. The first-order valence-electron chi connectivity index (χ1n) is 7.94. The van der Waals surface area contributed by atoms with Gasteiger partial charge in [0, 0.05) is 42.3 Å². The topological polar surface area (TPSA) is 23.6 Å². The monoisotopic (exact) mass is 350 g/mol. The highest BCUT2D eigenvalue weighted by molar-refractivity contribution is 9.10. The van der Waals surface area contributed by atoms with E-state index in [1.165, 1.54) is 31.4 Å². The number of halogens is 1. The van der Waals surface area contributed by atoms with Gasteiger partial charge in [0.2, 0.25) is 0 Å². The maximum Gasteiger partial charge on any atom is 0.159 e. The highest BCUT2D eigenvalue weighted by Gasteiger charge is 2.26. The molecule has 3 rings (SSSR count). The van der Waals surface area contributed by atoms with Crippen LogP contribution in [0.3, 0.4) is 0 Å². The van der Waals surface area contributed by atoms with Gasteiger partial charge in [0.25, 0.3) is 0 Å². The molecular formula is C17H23BrN2O. The van der Waals surface area contributed by atoms with Crippen LogP contribution in [0, 0.1) is 0 Å². The van der Waals surface area contributed by atoms with Crippen molar-refractivity contribution >= 4 is 27.4 Å². The second kappa shape index (κ2) is 6.49. The summed E-state index contributed by atoms with van der Waals surface area (Å²) in [6.07, 6.45) is 5.58. The van der Waals surface area contributed by atoms with Gasteiger partial charge < -0.3 is 4.90 Å². The molecule has 1 saturated heterocycles. The first kappa shape index (κ1) is 15.0. The highest BCUT2D eigenvalue weighted by atomic mass is 79.9. The summed E-state index contributed by atoms with van der Waals surface area (Å²) in [5.41, 5.74) is 1.99. The number of anilines is 1. The van der Waals surface area contributed by atoms with Crippen LogP contribution in [-0.4, -0.2) is 42.9 Å². The average molecular weight is 351 g/mol. The molecular weight excluding hydrogens is 328 g/mol.